The highest BCUT2D eigenvalue weighted by atomic mass is 16.1. The molecule has 0 spiro atoms. The molecule has 4 nitrogen and oxygen atoms in total. The van der Waals surface area contributed by atoms with Crippen molar-refractivity contribution in [2.75, 3.05) is 6.54 Å². The number of nitrogens with two attached hydrogens (primary N) is 1. The second kappa shape index (κ2) is 5.83. The number of primary amides is 1. The molecule has 4 heteroatoms. The zero-order chi connectivity index (χ0) is 11.1. The van der Waals surface area contributed by atoms with E-state index >= 15 is 0 Å². The van der Waals surface area contributed by atoms with Gasteiger partial charge in [-0.1, -0.05) is 32.6 Å². The fourth-order valence-electron chi connectivity index (χ4n) is 1.95. The van der Waals surface area contributed by atoms with Gasteiger partial charge in [-0.25, -0.2) is 0 Å². The Balaban J connectivity index is 2.56. The second-order valence-electron chi connectivity index (χ2n) is 4.28. The summed E-state index contributed by atoms with van der Waals surface area (Å²) >= 11 is 0. The molecule has 0 aromatic rings. The minimum absolute atomic E-state index is 0.303. The topological polar surface area (TPSA) is 67.8 Å². The molecule has 0 atom stereocenters. The first kappa shape index (κ1) is 12.1. The van der Waals surface area contributed by atoms with Crippen molar-refractivity contribution in [3.63, 3.8) is 0 Å². The molecular formula is C11H21N3O. The van der Waals surface area contributed by atoms with Gasteiger partial charge < -0.3 is 5.73 Å². The Morgan fingerprint density at radius 2 is 2.00 bits per heavy atom. The summed E-state index contributed by atoms with van der Waals surface area (Å²) < 4.78 is 0. The van der Waals surface area contributed by atoms with E-state index in [1.165, 1.54) is 6.42 Å². The molecule has 1 aliphatic rings. The number of azo groups is 1. The maximum atomic E-state index is 11.4. The Morgan fingerprint density at radius 1 is 1.33 bits per heavy atom. The summed E-state index contributed by atoms with van der Waals surface area (Å²) in [6.45, 7) is 2.82. The SMILES string of the molecule is CCCC/N=N/C1(C(N)=O)CCCCC1. The van der Waals surface area contributed by atoms with Crippen LogP contribution in [0.5, 0.6) is 0 Å². The Bertz CT molecular complexity index is 232. The van der Waals surface area contributed by atoms with E-state index in [-0.39, 0.29) is 5.91 Å². The first-order valence-electron chi connectivity index (χ1n) is 5.90. The molecule has 1 fully saturated rings. The van der Waals surface area contributed by atoms with Gasteiger partial charge in [0.15, 0.2) is 5.54 Å². The van der Waals surface area contributed by atoms with Gasteiger partial charge in [0, 0.05) is 0 Å². The largest absolute Gasteiger partial charge is 0.368 e. The third-order valence-electron chi connectivity index (χ3n) is 3.01. The molecule has 15 heavy (non-hydrogen) atoms. The van der Waals surface area contributed by atoms with Gasteiger partial charge in [0.1, 0.15) is 0 Å². The minimum atomic E-state index is -0.675. The van der Waals surface area contributed by atoms with E-state index in [1.54, 1.807) is 0 Å². The number of hydrogen-bond donors (Lipinski definition) is 1. The van der Waals surface area contributed by atoms with Crippen molar-refractivity contribution in [1.29, 1.82) is 0 Å². The van der Waals surface area contributed by atoms with Crippen molar-refractivity contribution in [1.82, 2.24) is 0 Å². The van der Waals surface area contributed by atoms with Crippen molar-refractivity contribution < 1.29 is 4.79 Å². The van der Waals surface area contributed by atoms with Crippen LogP contribution in [-0.4, -0.2) is 18.0 Å². The molecule has 86 valence electrons. The van der Waals surface area contributed by atoms with E-state index in [1.807, 2.05) is 0 Å². The van der Waals surface area contributed by atoms with Gasteiger partial charge in [-0.2, -0.15) is 10.2 Å². The van der Waals surface area contributed by atoms with Crippen LogP contribution in [0.4, 0.5) is 0 Å². The van der Waals surface area contributed by atoms with Gasteiger partial charge in [-0.05, 0) is 19.3 Å². The van der Waals surface area contributed by atoms with Gasteiger partial charge in [-0.3, -0.25) is 4.79 Å². The highest BCUT2D eigenvalue weighted by molar-refractivity contribution is 5.84. The van der Waals surface area contributed by atoms with Crippen LogP contribution >= 0.6 is 0 Å². The molecule has 0 aliphatic heterocycles. The Morgan fingerprint density at radius 3 is 2.53 bits per heavy atom. The molecule has 0 aromatic carbocycles. The molecule has 1 saturated carbocycles. The molecule has 0 aromatic heterocycles. The molecule has 0 bridgehead atoms. The molecule has 0 saturated heterocycles. The monoisotopic (exact) mass is 211 g/mol. The average molecular weight is 211 g/mol. The Labute approximate surface area is 91.3 Å². The highest BCUT2D eigenvalue weighted by Gasteiger charge is 2.38. The van der Waals surface area contributed by atoms with Crippen molar-refractivity contribution in [3.05, 3.63) is 0 Å². The Hall–Kier alpha value is -0.930. The lowest BCUT2D eigenvalue weighted by molar-refractivity contribution is -0.124. The van der Waals surface area contributed by atoms with Crippen LogP contribution in [0, 0.1) is 0 Å². The summed E-state index contributed by atoms with van der Waals surface area (Å²) in [5, 5.41) is 8.30. The summed E-state index contributed by atoms with van der Waals surface area (Å²) in [6.07, 6.45) is 6.93. The van der Waals surface area contributed by atoms with Crippen molar-refractivity contribution in [2.45, 2.75) is 57.4 Å². The number of nitrogens with zero attached hydrogens (tertiary/aromatic N) is 2. The molecule has 0 radical (unpaired) electrons. The maximum Gasteiger partial charge on any atom is 0.247 e. The van der Waals surface area contributed by atoms with Gasteiger partial charge in [0.05, 0.1) is 6.54 Å². The molecule has 0 heterocycles. The number of hydrogen-bond acceptors (Lipinski definition) is 3. The fraction of sp³-hybridized carbons (Fsp3) is 0.909. The van der Waals surface area contributed by atoms with Crippen molar-refractivity contribution in [2.24, 2.45) is 16.0 Å². The maximum absolute atomic E-state index is 11.4. The van der Waals surface area contributed by atoms with Crippen molar-refractivity contribution >= 4 is 5.91 Å². The molecule has 1 amide bonds. The van der Waals surface area contributed by atoms with Crippen LogP contribution in [0.15, 0.2) is 10.2 Å². The summed E-state index contributed by atoms with van der Waals surface area (Å²) in [7, 11) is 0. The fourth-order valence-corrected chi connectivity index (χ4v) is 1.95. The van der Waals surface area contributed by atoms with E-state index in [0.29, 0.717) is 6.54 Å². The molecule has 1 rings (SSSR count). The quantitative estimate of drug-likeness (QED) is 0.550. The first-order chi connectivity index (χ1) is 7.21. The predicted octanol–water partition coefficient (Wildman–Crippen LogP) is 2.43. The zero-order valence-electron chi connectivity index (χ0n) is 9.54. The Kier molecular flexibility index (Phi) is 4.72. The minimum Gasteiger partial charge on any atom is -0.368 e. The smallest absolute Gasteiger partial charge is 0.247 e. The number of amides is 1. The van der Waals surface area contributed by atoms with E-state index < -0.39 is 5.54 Å². The second-order valence-corrected chi connectivity index (χ2v) is 4.28. The average Bonchev–Trinajstić information content (AvgIpc) is 2.26. The standard InChI is InChI=1S/C11H21N3O/c1-2-3-9-13-14-11(10(12)15)7-5-4-6-8-11/h2-9H2,1H3,(H2,12,15)/b14-13+. The van der Waals surface area contributed by atoms with Crippen LogP contribution < -0.4 is 5.73 Å². The number of carbonyl (C=O) groups excluding carboxylic acids is 1. The van der Waals surface area contributed by atoms with Crippen LogP contribution in [0.1, 0.15) is 51.9 Å². The molecule has 0 unspecified atom stereocenters. The van der Waals surface area contributed by atoms with Crippen LogP contribution in [0.25, 0.3) is 0 Å². The predicted molar refractivity (Wildman–Crippen MR) is 59.6 cm³/mol. The van der Waals surface area contributed by atoms with Crippen LogP contribution in [-0.2, 0) is 4.79 Å². The highest BCUT2D eigenvalue weighted by Crippen LogP contribution is 2.31. The van der Waals surface area contributed by atoms with Gasteiger partial charge in [0.25, 0.3) is 0 Å². The summed E-state index contributed by atoms with van der Waals surface area (Å²) in [6, 6.07) is 0. The number of rotatable bonds is 5. The number of carbonyl (C=O) groups is 1. The van der Waals surface area contributed by atoms with E-state index in [9.17, 15) is 4.79 Å². The molecule has 2 N–H and O–H groups in total. The summed E-state index contributed by atoms with van der Waals surface area (Å²) in [5.74, 6) is -0.303. The van der Waals surface area contributed by atoms with Crippen LogP contribution in [0.2, 0.25) is 0 Å². The molecular weight excluding hydrogens is 190 g/mol. The van der Waals surface area contributed by atoms with E-state index in [0.717, 1.165) is 38.5 Å². The van der Waals surface area contributed by atoms with Gasteiger partial charge >= 0.3 is 0 Å². The normalized spacial score (nSPS) is 20.6. The van der Waals surface area contributed by atoms with Crippen molar-refractivity contribution in [3.8, 4) is 0 Å². The third-order valence-corrected chi connectivity index (χ3v) is 3.01. The molecule has 1 aliphatic carbocycles. The van der Waals surface area contributed by atoms with Gasteiger partial charge in [-0.15, -0.1) is 0 Å². The third kappa shape index (κ3) is 3.29. The van der Waals surface area contributed by atoms with Gasteiger partial charge in [0.2, 0.25) is 5.91 Å². The summed E-state index contributed by atoms with van der Waals surface area (Å²) in [4.78, 5) is 11.4. The lowest BCUT2D eigenvalue weighted by Gasteiger charge is -2.28. The van der Waals surface area contributed by atoms with Crippen LogP contribution in [0.3, 0.4) is 0 Å². The van der Waals surface area contributed by atoms with E-state index in [2.05, 4.69) is 17.2 Å². The van der Waals surface area contributed by atoms with E-state index in [4.69, 9.17) is 5.73 Å². The number of unbranched alkanes of at least 4 members (excludes halogenated alkanes) is 1. The lowest BCUT2D eigenvalue weighted by atomic mass is 9.82. The lowest BCUT2D eigenvalue weighted by Crippen LogP contribution is -2.43. The summed E-state index contributed by atoms with van der Waals surface area (Å²) in [5.41, 5.74) is 4.75. The zero-order valence-corrected chi connectivity index (χ0v) is 9.54. The first-order valence-corrected chi connectivity index (χ1v) is 5.90.